The minimum atomic E-state index is -1.09. The largest absolute Gasteiger partial charge is 0.445 e. The first-order chi connectivity index (χ1) is 10.8. The Morgan fingerprint density at radius 1 is 1.35 bits per heavy atom. The van der Waals surface area contributed by atoms with Crippen LogP contribution in [0.3, 0.4) is 0 Å². The summed E-state index contributed by atoms with van der Waals surface area (Å²) in [5.41, 5.74) is 0.980. The molecule has 1 heterocycles. The van der Waals surface area contributed by atoms with Crippen molar-refractivity contribution >= 4 is 17.1 Å². The van der Waals surface area contributed by atoms with Crippen LogP contribution in [0.2, 0.25) is 0 Å². The van der Waals surface area contributed by atoms with Crippen molar-refractivity contribution < 1.29 is 13.7 Å². The molecule has 1 N–H and O–H groups in total. The molecule has 1 fully saturated rings. The van der Waals surface area contributed by atoms with Crippen molar-refractivity contribution in [2.24, 2.45) is 5.92 Å². The molecule has 0 aromatic heterocycles. The molecule has 1 aromatic rings. The molecule has 0 spiro atoms. The first-order valence-electron chi connectivity index (χ1n) is 7.91. The van der Waals surface area contributed by atoms with E-state index in [1.165, 1.54) is 0 Å². The van der Waals surface area contributed by atoms with Gasteiger partial charge < -0.3 is 9.64 Å². The van der Waals surface area contributed by atoms with Gasteiger partial charge in [-0.15, -0.1) is 0 Å². The van der Waals surface area contributed by atoms with Gasteiger partial charge in [-0.05, 0) is 33.3 Å². The van der Waals surface area contributed by atoms with Gasteiger partial charge in [-0.25, -0.2) is 13.7 Å². The van der Waals surface area contributed by atoms with Gasteiger partial charge >= 0.3 is 6.09 Å². The second-order valence-corrected chi connectivity index (χ2v) is 8.99. The molecule has 1 amide bonds. The van der Waals surface area contributed by atoms with E-state index in [2.05, 4.69) is 4.72 Å². The highest BCUT2D eigenvalue weighted by Gasteiger charge is 2.36. The zero-order valence-electron chi connectivity index (χ0n) is 14.2. The summed E-state index contributed by atoms with van der Waals surface area (Å²) in [7, 11) is -1.09. The van der Waals surface area contributed by atoms with Gasteiger partial charge in [0.15, 0.2) is 0 Å². The number of hydrogen-bond donors (Lipinski definition) is 1. The number of nitrogens with one attached hydrogen (secondary N) is 1. The van der Waals surface area contributed by atoms with Crippen LogP contribution < -0.4 is 4.72 Å². The number of amides is 1. The highest BCUT2D eigenvalue weighted by molar-refractivity contribution is 7.84. The molecule has 0 aliphatic carbocycles. The van der Waals surface area contributed by atoms with Crippen LogP contribution in [0, 0.1) is 5.92 Å². The lowest BCUT2D eigenvalue weighted by Gasteiger charge is -2.42. The van der Waals surface area contributed by atoms with Gasteiger partial charge in [0.2, 0.25) is 0 Å². The number of benzene rings is 1. The quantitative estimate of drug-likeness (QED) is 0.898. The number of ether oxygens (including phenoxy) is 1. The molecule has 0 bridgehead atoms. The lowest BCUT2D eigenvalue weighted by molar-refractivity contribution is 0.0424. The molecule has 1 saturated heterocycles. The van der Waals surface area contributed by atoms with E-state index in [0.29, 0.717) is 25.6 Å². The van der Waals surface area contributed by atoms with Crippen LogP contribution >= 0.6 is 0 Å². The third kappa shape index (κ3) is 5.04. The van der Waals surface area contributed by atoms with E-state index in [0.717, 1.165) is 5.56 Å². The normalized spacial score (nSPS) is 18.2. The molecule has 2 rings (SSSR count). The standard InChI is InChI=1S/C17H26N2O3S/c1-13(18-23(21)17(2,3)4)15-10-19(11-15)16(20)22-12-14-8-6-5-7-9-14/h5-9,13,15,18H,10-12H2,1-4H3/t13-,23+/m1/s1. The van der Waals surface area contributed by atoms with Gasteiger partial charge in [-0.3, -0.25) is 0 Å². The highest BCUT2D eigenvalue weighted by atomic mass is 32.2. The van der Waals surface area contributed by atoms with Crippen LogP contribution in [0.5, 0.6) is 0 Å². The van der Waals surface area contributed by atoms with Gasteiger partial charge in [0, 0.05) is 25.0 Å². The van der Waals surface area contributed by atoms with Crippen LogP contribution in [0.15, 0.2) is 30.3 Å². The Hall–Kier alpha value is -1.40. The SMILES string of the molecule is C[C@@H](N[S@@](=O)C(C)(C)C)C1CN(C(=O)OCc2ccccc2)C1. The van der Waals surface area contributed by atoms with Gasteiger partial charge in [-0.1, -0.05) is 30.3 Å². The maximum Gasteiger partial charge on any atom is 0.410 e. The second-order valence-electron chi connectivity index (χ2n) is 6.99. The molecule has 0 saturated carbocycles. The van der Waals surface area contributed by atoms with E-state index in [1.807, 2.05) is 58.0 Å². The molecule has 1 aliphatic rings. The summed E-state index contributed by atoms with van der Waals surface area (Å²) >= 11 is 0. The maximum absolute atomic E-state index is 12.1. The van der Waals surface area contributed by atoms with Crippen molar-refractivity contribution in [1.29, 1.82) is 0 Å². The molecule has 0 unspecified atom stereocenters. The number of carbonyl (C=O) groups is 1. The van der Waals surface area contributed by atoms with E-state index < -0.39 is 11.0 Å². The Balaban J connectivity index is 1.71. The van der Waals surface area contributed by atoms with Crippen LogP contribution in [-0.4, -0.2) is 39.1 Å². The van der Waals surface area contributed by atoms with Crippen molar-refractivity contribution in [2.45, 2.75) is 45.1 Å². The second kappa shape index (κ2) is 7.45. The number of hydrogen-bond acceptors (Lipinski definition) is 3. The van der Waals surface area contributed by atoms with Crippen molar-refractivity contribution in [2.75, 3.05) is 13.1 Å². The average molecular weight is 338 g/mol. The Morgan fingerprint density at radius 3 is 2.52 bits per heavy atom. The summed E-state index contributed by atoms with van der Waals surface area (Å²) < 4.78 is 20.2. The molecule has 1 aromatic carbocycles. The molecular formula is C17H26N2O3S. The third-order valence-electron chi connectivity index (χ3n) is 3.93. The molecule has 23 heavy (non-hydrogen) atoms. The van der Waals surface area contributed by atoms with Crippen molar-refractivity contribution in [3.05, 3.63) is 35.9 Å². The van der Waals surface area contributed by atoms with E-state index in [-0.39, 0.29) is 16.9 Å². The Labute approximate surface area is 141 Å². The minimum Gasteiger partial charge on any atom is -0.445 e. The summed E-state index contributed by atoms with van der Waals surface area (Å²) in [5.74, 6) is 0.311. The van der Waals surface area contributed by atoms with E-state index in [1.54, 1.807) is 4.90 Å². The number of nitrogens with zero attached hydrogens (tertiary/aromatic N) is 1. The molecule has 1 aliphatic heterocycles. The molecule has 2 atom stereocenters. The zero-order chi connectivity index (χ0) is 17.0. The zero-order valence-corrected chi connectivity index (χ0v) is 15.1. The van der Waals surface area contributed by atoms with Gasteiger partial charge in [0.05, 0.1) is 15.7 Å². The molecule has 5 nitrogen and oxygen atoms in total. The number of likely N-dealkylation sites (tertiary alicyclic amines) is 1. The predicted molar refractivity (Wildman–Crippen MR) is 92.2 cm³/mol. The monoisotopic (exact) mass is 338 g/mol. The summed E-state index contributed by atoms with van der Waals surface area (Å²) in [5, 5.41) is 0. The fourth-order valence-electron chi connectivity index (χ4n) is 2.23. The molecule has 128 valence electrons. The van der Waals surface area contributed by atoms with Gasteiger partial charge in [0.25, 0.3) is 0 Å². The van der Waals surface area contributed by atoms with Crippen molar-refractivity contribution in [1.82, 2.24) is 9.62 Å². The molecular weight excluding hydrogens is 312 g/mol. The highest BCUT2D eigenvalue weighted by Crippen LogP contribution is 2.22. The maximum atomic E-state index is 12.1. The summed E-state index contributed by atoms with van der Waals surface area (Å²) in [6.45, 7) is 9.42. The van der Waals surface area contributed by atoms with E-state index in [9.17, 15) is 9.00 Å². The molecule has 0 radical (unpaired) electrons. The third-order valence-corrected chi connectivity index (χ3v) is 5.63. The minimum absolute atomic E-state index is 0.105. The van der Waals surface area contributed by atoms with Crippen LogP contribution in [0.1, 0.15) is 33.3 Å². The summed E-state index contributed by atoms with van der Waals surface area (Å²) in [4.78, 5) is 13.7. The summed E-state index contributed by atoms with van der Waals surface area (Å²) in [6.07, 6.45) is -0.283. The lowest BCUT2D eigenvalue weighted by atomic mass is 9.94. The summed E-state index contributed by atoms with van der Waals surface area (Å²) in [6, 6.07) is 9.74. The van der Waals surface area contributed by atoms with Crippen molar-refractivity contribution in [3.8, 4) is 0 Å². The fraction of sp³-hybridized carbons (Fsp3) is 0.588. The molecule has 6 heteroatoms. The van der Waals surface area contributed by atoms with E-state index in [4.69, 9.17) is 4.74 Å². The smallest absolute Gasteiger partial charge is 0.410 e. The lowest BCUT2D eigenvalue weighted by Crippen LogP contribution is -2.57. The number of carbonyl (C=O) groups excluding carboxylic acids is 1. The Kier molecular flexibility index (Phi) is 5.81. The van der Waals surface area contributed by atoms with Crippen molar-refractivity contribution in [3.63, 3.8) is 0 Å². The number of rotatable bonds is 5. The van der Waals surface area contributed by atoms with Crippen LogP contribution in [0.4, 0.5) is 4.79 Å². The first-order valence-corrected chi connectivity index (χ1v) is 9.06. The Morgan fingerprint density at radius 2 is 1.96 bits per heavy atom. The topological polar surface area (TPSA) is 58.6 Å². The average Bonchev–Trinajstić information content (AvgIpc) is 2.43. The van der Waals surface area contributed by atoms with Crippen LogP contribution in [-0.2, 0) is 22.3 Å². The van der Waals surface area contributed by atoms with Gasteiger partial charge in [0.1, 0.15) is 6.61 Å². The fourth-order valence-corrected chi connectivity index (χ4v) is 3.11. The predicted octanol–water partition coefficient (Wildman–Crippen LogP) is 2.70. The Bertz CT molecular complexity index is 551. The van der Waals surface area contributed by atoms with E-state index >= 15 is 0 Å². The van der Waals surface area contributed by atoms with Crippen LogP contribution in [0.25, 0.3) is 0 Å². The van der Waals surface area contributed by atoms with Gasteiger partial charge in [-0.2, -0.15) is 0 Å². The first kappa shape index (κ1) is 17.9.